The molecule has 2 rings (SSSR count). The van der Waals surface area contributed by atoms with Gasteiger partial charge in [0.25, 0.3) is 0 Å². The highest BCUT2D eigenvalue weighted by atomic mass is 32.2. The molecule has 6 heteroatoms. The predicted molar refractivity (Wildman–Crippen MR) is 88.2 cm³/mol. The van der Waals surface area contributed by atoms with E-state index in [0.717, 1.165) is 28.3 Å². The topological polar surface area (TPSA) is 49.4 Å². The summed E-state index contributed by atoms with van der Waals surface area (Å²) in [6, 6.07) is 2.22. The third-order valence-corrected chi connectivity index (χ3v) is 6.67. The predicted octanol–water partition coefficient (Wildman–Crippen LogP) is 2.90. The Kier molecular flexibility index (Phi) is 5.24. The first kappa shape index (κ1) is 16.7. The van der Waals surface area contributed by atoms with Gasteiger partial charge in [-0.2, -0.15) is 4.31 Å². The van der Waals surface area contributed by atoms with E-state index in [0.29, 0.717) is 24.0 Å². The minimum absolute atomic E-state index is 0.391. The fraction of sp³-hybridized carbons (Fsp3) is 0.600. The summed E-state index contributed by atoms with van der Waals surface area (Å²) in [5.74, 6) is 0. The molecule has 0 saturated carbocycles. The van der Waals surface area contributed by atoms with Crippen molar-refractivity contribution in [2.75, 3.05) is 13.1 Å². The maximum atomic E-state index is 12.8. The molecule has 0 saturated heterocycles. The van der Waals surface area contributed by atoms with Crippen molar-refractivity contribution in [2.24, 2.45) is 0 Å². The first-order valence-corrected chi connectivity index (χ1v) is 9.55. The van der Waals surface area contributed by atoms with E-state index in [4.69, 9.17) is 0 Å². The van der Waals surface area contributed by atoms with Crippen molar-refractivity contribution in [2.45, 2.75) is 51.6 Å². The standard InChI is InChI=1S/C15H24N2O2S2/c1-11(2)16-9-14-8-15(13(4)20-14)21(18,19)17-7-5-6-12(3)10-17/h6,8,11,16H,5,7,9-10H2,1-4H3. The fourth-order valence-electron chi connectivity index (χ4n) is 2.39. The van der Waals surface area contributed by atoms with Crippen LogP contribution in [0.3, 0.4) is 0 Å². The van der Waals surface area contributed by atoms with E-state index in [9.17, 15) is 8.42 Å². The van der Waals surface area contributed by atoms with Gasteiger partial charge in [0.05, 0.1) is 4.90 Å². The van der Waals surface area contributed by atoms with E-state index in [1.54, 1.807) is 15.6 Å². The van der Waals surface area contributed by atoms with Crippen molar-refractivity contribution in [3.8, 4) is 0 Å². The Labute approximate surface area is 131 Å². The Morgan fingerprint density at radius 1 is 1.38 bits per heavy atom. The number of hydrogen-bond acceptors (Lipinski definition) is 4. The number of thiophene rings is 1. The van der Waals surface area contributed by atoms with Gasteiger partial charge in [-0.25, -0.2) is 8.42 Å². The summed E-state index contributed by atoms with van der Waals surface area (Å²) in [6.07, 6.45) is 2.92. The highest BCUT2D eigenvalue weighted by molar-refractivity contribution is 7.89. The Hall–Kier alpha value is -0.690. The largest absolute Gasteiger partial charge is 0.310 e. The molecule has 0 aromatic carbocycles. The van der Waals surface area contributed by atoms with Crippen molar-refractivity contribution < 1.29 is 8.42 Å². The van der Waals surface area contributed by atoms with Crippen LogP contribution >= 0.6 is 11.3 Å². The third kappa shape index (κ3) is 3.94. The van der Waals surface area contributed by atoms with E-state index in [2.05, 4.69) is 25.2 Å². The SMILES string of the molecule is CC1=CCCN(S(=O)(=O)c2cc(CNC(C)C)sc2C)C1. The molecule has 1 aromatic heterocycles. The first-order valence-electron chi connectivity index (χ1n) is 7.29. The smallest absolute Gasteiger partial charge is 0.244 e. The Bertz CT molecular complexity index is 630. The molecule has 0 atom stereocenters. The Balaban J connectivity index is 2.22. The molecule has 1 aliphatic heterocycles. The highest BCUT2D eigenvalue weighted by Gasteiger charge is 2.28. The van der Waals surface area contributed by atoms with E-state index in [1.165, 1.54) is 0 Å². The van der Waals surface area contributed by atoms with Gasteiger partial charge in [-0.15, -0.1) is 11.3 Å². The van der Waals surface area contributed by atoms with Gasteiger partial charge in [-0.3, -0.25) is 0 Å². The zero-order valence-electron chi connectivity index (χ0n) is 13.1. The molecule has 0 unspecified atom stereocenters. The Morgan fingerprint density at radius 3 is 2.71 bits per heavy atom. The normalized spacial score (nSPS) is 17.3. The molecule has 118 valence electrons. The highest BCUT2D eigenvalue weighted by Crippen LogP contribution is 2.29. The average Bonchev–Trinajstić information content (AvgIpc) is 2.78. The van der Waals surface area contributed by atoms with Crippen molar-refractivity contribution in [1.82, 2.24) is 9.62 Å². The van der Waals surface area contributed by atoms with Crippen LogP contribution in [0.2, 0.25) is 0 Å². The second-order valence-corrected chi connectivity index (χ2v) is 9.09. The van der Waals surface area contributed by atoms with Gasteiger partial charge in [0.1, 0.15) is 0 Å². The van der Waals surface area contributed by atoms with Gasteiger partial charge in [-0.05, 0) is 26.3 Å². The summed E-state index contributed by atoms with van der Waals surface area (Å²) < 4.78 is 27.2. The lowest BCUT2D eigenvalue weighted by Crippen LogP contribution is -2.35. The van der Waals surface area contributed by atoms with Gasteiger partial charge in [0.2, 0.25) is 10.0 Å². The van der Waals surface area contributed by atoms with E-state index >= 15 is 0 Å². The summed E-state index contributed by atoms with van der Waals surface area (Å²) in [5.41, 5.74) is 1.12. The number of aryl methyl sites for hydroxylation is 1. The molecule has 4 nitrogen and oxygen atoms in total. The lowest BCUT2D eigenvalue weighted by Gasteiger charge is -2.25. The van der Waals surface area contributed by atoms with Crippen molar-refractivity contribution in [1.29, 1.82) is 0 Å². The van der Waals surface area contributed by atoms with Crippen LogP contribution in [0.15, 0.2) is 22.6 Å². The van der Waals surface area contributed by atoms with E-state index in [1.807, 2.05) is 19.9 Å². The molecule has 0 fully saturated rings. The molecule has 0 spiro atoms. The zero-order valence-corrected chi connectivity index (χ0v) is 14.8. The van der Waals surface area contributed by atoms with Crippen LogP contribution in [-0.2, 0) is 16.6 Å². The van der Waals surface area contributed by atoms with E-state index in [-0.39, 0.29) is 0 Å². The number of hydrogen-bond donors (Lipinski definition) is 1. The molecular weight excluding hydrogens is 304 g/mol. The van der Waals surface area contributed by atoms with E-state index < -0.39 is 10.0 Å². The minimum Gasteiger partial charge on any atom is -0.310 e. The van der Waals surface area contributed by atoms with Crippen LogP contribution in [0, 0.1) is 6.92 Å². The van der Waals surface area contributed by atoms with Crippen LogP contribution in [0.25, 0.3) is 0 Å². The van der Waals surface area contributed by atoms with Gasteiger partial charge in [-0.1, -0.05) is 25.5 Å². The second-order valence-electron chi connectivity index (χ2n) is 5.85. The third-order valence-electron chi connectivity index (χ3n) is 3.52. The van der Waals surface area contributed by atoms with Crippen LogP contribution in [0.1, 0.15) is 36.9 Å². The lowest BCUT2D eigenvalue weighted by molar-refractivity contribution is 0.428. The molecule has 21 heavy (non-hydrogen) atoms. The van der Waals surface area contributed by atoms with Gasteiger partial charge in [0.15, 0.2) is 0 Å². The molecule has 0 radical (unpaired) electrons. The van der Waals surface area contributed by atoms with Gasteiger partial charge < -0.3 is 5.32 Å². The molecule has 0 bridgehead atoms. The van der Waals surface area contributed by atoms with Crippen molar-refractivity contribution in [3.63, 3.8) is 0 Å². The molecule has 1 N–H and O–H groups in total. The molecule has 0 amide bonds. The number of sulfonamides is 1. The number of rotatable bonds is 5. The van der Waals surface area contributed by atoms with Crippen LogP contribution in [0.5, 0.6) is 0 Å². The quantitative estimate of drug-likeness (QED) is 0.846. The number of nitrogens with one attached hydrogen (secondary N) is 1. The average molecular weight is 329 g/mol. The lowest BCUT2D eigenvalue weighted by atomic mass is 10.2. The zero-order chi connectivity index (χ0) is 15.6. The fourth-order valence-corrected chi connectivity index (χ4v) is 5.45. The molecule has 0 aliphatic carbocycles. The summed E-state index contributed by atoms with van der Waals surface area (Å²) in [7, 11) is -3.37. The molecule has 1 aromatic rings. The summed E-state index contributed by atoms with van der Waals surface area (Å²) in [6.45, 7) is 9.86. The van der Waals surface area contributed by atoms with Gasteiger partial charge in [0, 0.05) is 35.4 Å². The summed E-state index contributed by atoms with van der Waals surface area (Å²) >= 11 is 1.57. The van der Waals surface area contributed by atoms with Crippen LogP contribution in [0.4, 0.5) is 0 Å². The first-order chi connectivity index (χ1) is 9.80. The van der Waals surface area contributed by atoms with Crippen LogP contribution < -0.4 is 5.32 Å². The molecule has 1 aliphatic rings. The maximum Gasteiger partial charge on any atom is 0.244 e. The maximum absolute atomic E-state index is 12.8. The minimum atomic E-state index is -3.37. The van der Waals surface area contributed by atoms with Gasteiger partial charge >= 0.3 is 0 Å². The number of nitrogens with zero attached hydrogens (tertiary/aromatic N) is 1. The molecular formula is C15H24N2O2S2. The van der Waals surface area contributed by atoms with Crippen LogP contribution in [-0.4, -0.2) is 31.9 Å². The van der Waals surface area contributed by atoms with Crippen molar-refractivity contribution in [3.05, 3.63) is 27.5 Å². The Morgan fingerprint density at radius 2 is 2.10 bits per heavy atom. The monoisotopic (exact) mass is 328 g/mol. The summed E-state index contributed by atoms with van der Waals surface area (Å²) in [4.78, 5) is 2.43. The molecule has 2 heterocycles. The summed E-state index contributed by atoms with van der Waals surface area (Å²) in [5, 5.41) is 3.33. The second kappa shape index (κ2) is 6.60. The van der Waals surface area contributed by atoms with Crippen molar-refractivity contribution >= 4 is 21.4 Å².